The second-order valence-electron chi connectivity index (χ2n) is 3.40. The van der Waals surface area contributed by atoms with Crippen LogP contribution in [0.15, 0.2) is 16.3 Å². The van der Waals surface area contributed by atoms with Crippen molar-refractivity contribution in [3.8, 4) is 0 Å². The Morgan fingerprint density at radius 1 is 1.32 bits per heavy atom. The smallest absolute Gasteiger partial charge is 0.423 e. The minimum atomic E-state index is -4.03. The lowest BCUT2D eigenvalue weighted by atomic mass is 10.3. The first-order chi connectivity index (χ1) is 8.84. The molecule has 1 amide bonds. The summed E-state index contributed by atoms with van der Waals surface area (Å²) in [6, 6.07) is 1.33. The van der Waals surface area contributed by atoms with E-state index in [2.05, 4.69) is 9.47 Å². The molecule has 19 heavy (non-hydrogen) atoms. The summed E-state index contributed by atoms with van der Waals surface area (Å²) in [5, 5.41) is 1.52. The van der Waals surface area contributed by atoms with Gasteiger partial charge in [-0.25, -0.2) is 17.5 Å². The van der Waals surface area contributed by atoms with Crippen molar-refractivity contribution in [2.45, 2.75) is 11.3 Å². The Labute approximate surface area is 114 Å². The third-order valence-electron chi connectivity index (χ3n) is 2.31. The van der Waals surface area contributed by atoms with Crippen LogP contribution in [0, 0.1) is 0 Å². The predicted octanol–water partition coefficient (Wildman–Crippen LogP) is 0.851. The predicted molar refractivity (Wildman–Crippen MR) is 67.4 cm³/mol. The standard InChI is InChI=1S/C10H13NO6S2/c1-11(10(13)17-3)19(14,15)8-4-5-18-7(8)6-9(12)16-2/h4-5H,6H2,1-3H3. The van der Waals surface area contributed by atoms with Gasteiger partial charge in [0.15, 0.2) is 0 Å². The maximum absolute atomic E-state index is 12.2. The fraction of sp³-hybridized carbons (Fsp3) is 0.400. The number of esters is 1. The fourth-order valence-electron chi connectivity index (χ4n) is 1.27. The van der Waals surface area contributed by atoms with Gasteiger partial charge in [0.1, 0.15) is 4.90 Å². The fourth-order valence-corrected chi connectivity index (χ4v) is 3.73. The summed E-state index contributed by atoms with van der Waals surface area (Å²) in [6.45, 7) is 0. The normalized spacial score (nSPS) is 10.9. The minimum Gasteiger partial charge on any atom is -0.469 e. The Bertz CT molecular complexity index is 577. The van der Waals surface area contributed by atoms with Gasteiger partial charge < -0.3 is 9.47 Å². The van der Waals surface area contributed by atoms with Crippen LogP contribution in [0.3, 0.4) is 0 Å². The van der Waals surface area contributed by atoms with Gasteiger partial charge in [0.25, 0.3) is 10.0 Å². The molecular formula is C10H13NO6S2. The Hall–Kier alpha value is -1.61. The highest BCUT2D eigenvalue weighted by atomic mass is 32.2. The first kappa shape index (κ1) is 15.4. The zero-order chi connectivity index (χ0) is 14.6. The molecule has 0 spiro atoms. The molecule has 0 saturated heterocycles. The summed E-state index contributed by atoms with van der Waals surface area (Å²) in [7, 11) is -0.652. The molecule has 0 aliphatic rings. The van der Waals surface area contributed by atoms with E-state index >= 15 is 0 Å². The quantitative estimate of drug-likeness (QED) is 0.766. The molecule has 0 radical (unpaired) electrons. The number of thiophene rings is 1. The SMILES string of the molecule is COC(=O)Cc1sccc1S(=O)(=O)N(C)C(=O)OC. The second-order valence-corrected chi connectivity index (χ2v) is 6.34. The van der Waals surface area contributed by atoms with E-state index in [0.29, 0.717) is 9.18 Å². The topological polar surface area (TPSA) is 90.0 Å². The van der Waals surface area contributed by atoms with Crippen molar-refractivity contribution in [2.75, 3.05) is 21.3 Å². The monoisotopic (exact) mass is 307 g/mol. The number of amides is 1. The average molecular weight is 307 g/mol. The molecule has 1 aromatic heterocycles. The van der Waals surface area contributed by atoms with Gasteiger partial charge in [-0.05, 0) is 11.4 Å². The van der Waals surface area contributed by atoms with Gasteiger partial charge in [0.2, 0.25) is 0 Å². The van der Waals surface area contributed by atoms with Crippen molar-refractivity contribution in [1.29, 1.82) is 0 Å². The number of carbonyl (C=O) groups is 2. The Balaban J connectivity index is 3.13. The number of sulfonamides is 1. The van der Waals surface area contributed by atoms with Crippen LogP contribution in [-0.4, -0.2) is 46.1 Å². The molecule has 1 heterocycles. The third-order valence-corrected chi connectivity index (χ3v) is 5.17. The van der Waals surface area contributed by atoms with E-state index < -0.39 is 22.1 Å². The Morgan fingerprint density at radius 3 is 2.47 bits per heavy atom. The molecule has 0 aliphatic heterocycles. The molecule has 0 fully saturated rings. The van der Waals surface area contributed by atoms with Crippen molar-refractivity contribution >= 4 is 33.4 Å². The maximum atomic E-state index is 12.2. The van der Waals surface area contributed by atoms with E-state index in [1.165, 1.54) is 18.6 Å². The molecular weight excluding hydrogens is 294 g/mol. The molecule has 0 N–H and O–H groups in total. The Morgan fingerprint density at radius 2 is 1.95 bits per heavy atom. The molecule has 106 valence electrons. The van der Waals surface area contributed by atoms with Gasteiger partial charge in [-0.3, -0.25) is 4.79 Å². The van der Waals surface area contributed by atoms with Crippen LogP contribution in [0.1, 0.15) is 4.88 Å². The lowest BCUT2D eigenvalue weighted by molar-refractivity contribution is -0.139. The van der Waals surface area contributed by atoms with E-state index in [9.17, 15) is 18.0 Å². The number of carbonyl (C=O) groups excluding carboxylic acids is 2. The van der Waals surface area contributed by atoms with E-state index in [0.717, 1.165) is 25.5 Å². The summed E-state index contributed by atoms with van der Waals surface area (Å²) in [6.07, 6.45) is -1.17. The summed E-state index contributed by atoms with van der Waals surface area (Å²) >= 11 is 1.10. The van der Waals surface area contributed by atoms with Gasteiger partial charge in [-0.2, -0.15) is 0 Å². The number of hydrogen-bond acceptors (Lipinski definition) is 7. The molecule has 0 atom stereocenters. The summed E-state index contributed by atoms with van der Waals surface area (Å²) in [5.74, 6) is -0.556. The van der Waals surface area contributed by atoms with Crippen LogP contribution >= 0.6 is 11.3 Å². The van der Waals surface area contributed by atoms with E-state index in [4.69, 9.17) is 0 Å². The number of hydrogen-bond donors (Lipinski definition) is 0. The van der Waals surface area contributed by atoms with Crippen LogP contribution in [0.25, 0.3) is 0 Å². The molecule has 7 nitrogen and oxygen atoms in total. The van der Waals surface area contributed by atoms with Crippen molar-refractivity contribution in [3.63, 3.8) is 0 Å². The van der Waals surface area contributed by atoms with E-state index in [1.807, 2.05) is 0 Å². The molecule has 0 aromatic carbocycles. The Kier molecular flexibility index (Phi) is 4.90. The summed E-state index contributed by atoms with van der Waals surface area (Å²) in [4.78, 5) is 22.7. The number of nitrogens with zero attached hydrogens (tertiary/aromatic N) is 1. The maximum Gasteiger partial charge on any atom is 0.423 e. The lowest BCUT2D eigenvalue weighted by Crippen LogP contribution is -2.33. The highest BCUT2D eigenvalue weighted by Crippen LogP contribution is 2.25. The van der Waals surface area contributed by atoms with Crippen molar-refractivity contribution in [2.24, 2.45) is 0 Å². The molecule has 1 rings (SSSR count). The van der Waals surface area contributed by atoms with E-state index in [1.54, 1.807) is 0 Å². The van der Waals surface area contributed by atoms with Crippen LogP contribution in [0.2, 0.25) is 0 Å². The minimum absolute atomic E-state index is 0.101. The second kappa shape index (κ2) is 6.02. The lowest BCUT2D eigenvalue weighted by Gasteiger charge is -2.15. The average Bonchev–Trinajstić information content (AvgIpc) is 2.85. The molecule has 0 unspecified atom stereocenters. The zero-order valence-corrected chi connectivity index (χ0v) is 12.2. The molecule has 9 heteroatoms. The highest BCUT2D eigenvalue weighted by Gasteiger charge is 2.29. The van der Waals surface area contributed by atoms with Gasteiger partial charge in [0, 0.05) is 11.9 Å². The largest absolute Gasteiger partial charge is 0.469 e. The number of rotatable bonds is 4. The third kappa shape index (κ3) is 3.24. The molecule has 0 saturated carbocycles. The first-order valence-corrected chi connectivity index (χ1v) is 7.36. The zero-order valence-electron chi connectivity index (χ0n) is 10.6. The summed E-state index contributed by atoms with van der Waals surface area (Å²) < 4.78 is 33.7. The van der Waals surface area contributed by atoms with Gasteiger partial charge >= 0.3 is 12.1 Å². The molecule has 0 aliphatic carbocycles. The van der Waals surface area contributed by atoms with Crippen molar-refractivity contribution < 1.29 is 27.5 Å². The number of ether oxygens (including phenoxy) is 2. The molecule has 0 bridgehead atoms. The van der Waals surface area contributed by atoms with Gasteiger partial charge in [0.05, 0.1) is 20.6 Å². The van der Waals surface area contributed by atoms with Crippen LogP contribution < -0.4 is 0 Å². The highest BCUT2D eigenvalue weighted by molar-refractivity contribution is 7.89. The van der Waals surface area contributed by atoms with Crippen molar-refractivity contribution in [1.82, 2.24) is 4.31 Å². The van der Waals surface area contributed by atoms with Gasteiger partial charge in [-0.15, -0.1) is 11.3 Å². The van der Waals surface area contributed by atoms with E-state index in [-0.39, 0.29) is 11.3 Å². The molecule has 1 aromatic rings. The van der Waals surface area contributed by atoms with Gasteiger partial charge in [-0.1, -0.05) is 0 Å². The van der Waals surface area contributed by atoms with Crippen molar-refractivity contribution in [3.05, 3.63) is 16.3 Å². The van der Waals surface area contributed by atoms with Crippen LogP contribution in [-0.2, 0) is 30.7 Å². The van der Waals surface area contributed by atoms with Crippen LogP contribution in [0.4, 0.5) is 4.79 Å². The summed E-state index contributed by atoms with van der Waals surface area (Å²) in [5.41, 5.74) is 0. The number of methoxy groups -OCH3 is 2. The first-order valence-electron chi connectivity index (χ1n) is 5.04. The van der Waals surface area contributed by atoms with Crippen LogP contribution in [0.5, 0.6) is 0 Å².